The maximum Gasteiger partial charge on any atom is 0.153 e. The molecule has 0 aliphatic heterocycles. The number of carbonyl (C=O) groups is 1. The summed E-state index contributed by atoms with van der Waals surface area (Å²) in [5.41, 5.74) is 0.584. The fourth-order valence-corrected chi connectivity index (χ4v) is 1.41. The van der Waals surface area contributed by atoms with Gasteiger partial charge in [-0.15, -0.1) is 6.42 Å². The van der Waals surface area contributed by atoms with Crippen molar-refractivity contribution in [2.75, 3.05) is 18.0 Å². The number of rotatable bonds is 5. The Bertz CT molecular complexity index is 368. The summed E-state index contributed by atoms with van der Waals surface area (Å²) in [5.74, 6) is 3.25. The van der Waals surface area contributed by atoms with Gasteiger partial charge in [0.2, 0.25) is 0 Å². The van der Waals surface area contributed by atoms with E-state index >= 15 is 0 Å². The molecule has 0 N–H and O–H groups in total. The van der Waals surface area contributed by atoms with E-state index in [9.17, 15) is 4.79 Å². The van der Waals surface area contributed by atoms with E-state index in [0.717, 1.165) is 19.3 Å². The van der Waals surface area contributed by atoms with Crippen LogP contribution >= 0.6 is 0 Å². The van der Waals surface area contributed by atoms with Gasteiger partial charge in [0.05, 0.1) is 12.1 Å². The van der Waals surface area contributed by atoms with Crippen molar-refractivity contribution in [3.8, 4) is 12.3 Å². The molecule has 0 aromatic carbocycles. The average Bonchev–Trinajstić information content (AvgIpc) is 2.29. The molecule has 15 heavy (non-hydrogen) atoms. The van der Waals surface area contributed by atoms with Crippen molar-refractivity contribution >= 4 is 12.1 Å². The molecule has 0 aliphatic carbocycles. The van der Waals surface area contributed by atoms with Crippen LogP contribution in [0, 0.1) is 12.3 Å². The normalized spacial score (nSPS) is 9.33. The fourth-order valence-electron chi connectivity index (χ4n) is 1.41. The lowest BCUT2D eigenvalue weighted by Gasteiger charge is -2.21. The number of pyridine rings is 1. The van der Waals surface area contributed by atoms with Gasteiger partial charge in [-0.3, -0.25) is 4.79 Å². The average molecular weight is 202 g/mol. The largest absolute Gasteiger partial charge is 0.345 e. The first-order chi connectivity index (χ1) is 7.33. The molecule has 0 aliphatic rings. The molecule has 0 amide bonds. The smallest absolute Gasteiger partial charge is 0.153 e. The minimum Gasteiger partial charge on any atom is -0.345 e. The Morgan fingerprint density at radius 2 is 2.47 bits per heavy atom. The highest BCUT2D eigenvalue weighted by Crippen LogP contribution is 2.14. The molecule has 1 aromatic rings. The van der Waals surface area contributed by atoms with E-state index in [0.29, 0.717) is 17.9 Å². The van der Waals surface area contributed by atoms with Gasteiger partial charge < -0.3 is 4.90 Å². The standard InChI is InChI=1S/C12H14N2O/c1-3-8-14(9-4-2)12-11(10-15)6-5-7-13-12/h1,5-7,10H,4,8-9H2,2H3. The quantitative estimate of drug-likeness (QED) is 0.538. The van der Waals surface area contributed by atoms with Gasteiger partial charge in [0.15, 0.2) is 6.29 Å². The number of nitrogens with zero attached hydrogens (tertiary/aromatic N) is 2. The topological polar surface area (TPSA) is 33.2 Å². The summed E-state index contributed by atoms with van der Waals surface area (Å²) in [6.07, 6.45) is 8.72. The Hall–Kier alpha value is -1.82. The monoisotopic (exact) mass is 202 g/mol. The maximum atomic E-state index is 10.8. The molecule has 0 saturated heterocycles. The minimum atomic E-state index is 0.478. The van der Waals surface area contributed by atoms with Crippen molar-refractivity contribution in [1.29, 1.82) is 0 Å². The molecule has 0 unspecified atom stereocenters. The van der Waals surface area contributed by atoms with Crippen molar-refractivity contribution in [2.24, 2.45) is 0 Å². The first kappa shape index (κ1) is 11.3. The Balaban J connectivity index is 2.99. The van der Waals surface area contributed by atoms with Gasteiger partial charge in [-0.2, -0.15) is 0 Å². The number of carbonyl (C=O) groups excluding carboxylic acids is 1. The molecule has 1 heterocycles. The number of hydrogen-bond donors (Lipinski definition) is 0. The van der Waals surface area contributed by atoms with E-state index in [-0.39, 0.29) is 0 Å². The fraction of sp³-hybridized carbons (Fsp3) is 0.333. The Morgan fingerprint density at radius 1 is 1.67 bits per heavy atom. The van der Waals surface area contributed by atoms with Gasteiger partial charge in [0.1, 0.15) is 5.82 Å². The van der Waals surface area contributed by atoms with Gasteiger partial charge in [-0.1, -0.05) is 12.8 Å². The van der Waals surface area contributed by atoms with Crippen LogP contribution in [0.15, 0.2) is 18.3 Å². The second-order valence-corrected chi connectivity index (χ2v) is 3.16. The van der Waals surface area contributed by atoms with Crippen molar-refractivity contribution in [2.45, 2.75) is 13.3 Å². The Labute approximate surface area is 90.1 Å². The third-order valence-electron chi connectivity index (χ3n) is 2.02. The van der Waals surface area contributed by atoms with Crippen molar-refractivity contribution in [3.63, 3.8) is 0 Å². The summed E-state index contributed by atoms with van der Waals surface area (Å²) in [4.78, 5) is 16.9. The molecule has 0 saturated carbocycles. The molecule has 0 bridgehead atoms. The van der Waals surface area contributed by atoms with Gasteiger partial charge >= 0.3 is 0 Å². The van der Waals surface area contributed by atoms with Crippen LogP contribution < -0.4 is 4.90 Å². The first-order valence-corrected chi connectivity index (χ1v) is 4.92. The van der Waals surface area contributed by atoms with Crippen molar-refractivity contribution in [1.82, 2.24) is 4.98 Å². The second kappa shape index (κ2) is 5.82. The summed E-state index contributed by atoms with van der Waals surface area (Å²) in [6, 6.07) is 3.49. The van der Waals surface area contributed by atoms with Crippen LogP contribution in [0.2, 0.25) is 0 Å². The molecule has 1 aromatic heterocycles. The maximum absolute atomic E-state index is 10.8. The zero-order valence-corrected chi connectivity index (χ0v) is 8.81. The lowest BCUT2D eigenvalue weighted by Crippen LogP contribution is -2.26. The zero-order valence-electron chi connectivity index (χ0n) is 8.81. The molecule has 78 valence electrons. The van der Waals surface area contributed by atoms with Crippen LogP contribution in [-0.2, 0) is 0 Å². The highest BCUT2D eigenvalue weighted by atomic mass is 16.1. The molecule has 3 heteroatoms. The first-order valence-electron chi connectivity index (χ1n) is 4.92. The summed E-state index contributed by atoms with van der Waals surface area (Å²) in [5, 5.41) is 0. The second-order valence-electron chi connectivity index (χ2n) is 3.16. The van der Waals surface area contributed by atoms with E-state index in [2.05, 4.69) is 17.8 Å². The van der Waals surface area contributed by atoms with Gasteiger partial charge in [0.25, 0.3) is 0 Å². The van der Waals surface area contributed by atoms with Crippen molar-refractivity contribution in [3.05, 3.63) is 23.9 Å². The summed E-state index contributed by atoms with van der Waals surface area (Å²) < 4.78 is 0. The summed E-state index contributed by atoms with van der Waals surface area (Å²) in [6.45, 7) is 3.35. The Kier molecular flexibility index (Phi) is 4.36. The minimum absolute atomic E-state index is 0.478. The van der Waals surface area contributed by atoms with Crippen LogP contribution in [-0.4, -0.2) is 24.4 Å². The molecular formula is C12H14N2O. The van der Waals surface area contributed by atoms with Gasteiger partial charge in [-0.25, -0.2) is 4.98 Å². The highest BCUT2D eigenvalue weighted by molar-refractivity contribution is 5.82. The highest BCUT2D eigenvalue weighted by Gasteiger charge is 2.09. The SMILES string of the molecule is C#CCN(CCC)c1ncccc1C=O. The van der Waals surface area contributed by atoms with Gasteiger partial charge in [-0.05, 0) is 18.6 Å². The predicted molar refractivity (Wildman–Crippen MR) is 61.0 cm³/mol. The number of terminal acetylenes is 1. The van der Waals surface area contributed by atoms with E-state index in [4.69, 9.17) is 6.42 Å². The molecule has 0 radical (unpaired) electrons. The van der Waals surface area contributed by atoms with Crippen LogP contribution in [0.3, 0.4) is 0 Å². The molecule has 3 nitrogen and oxygen atoms in total. The summed E-state index contributed by atoms with van der Waals surface area (Å²) in [7, 11) is 0. The third-order valence-corrected chi connectivity index (χ3v) is 2.02. The number of aromatic nitrogens is 1. The van der Waals surface area contributed by atoms with E-state index in [1.807, 2.05) is 4.90 Å². The van der Waals surface area contributed by atoms with Gasteiger partial charge in [0, 0.05) is 12.7 Å². The number of aldehydes is 1. The predicted octanol–water partition coefficient (Wildman–Crippen LogP) is 1.74. The molecule has 1 rings (SSSR count). The lowest BCUT2D eigenvalue weighted by molar-refractivity contribution is 0.112. The Morgan fingerprint density at radius 3 is 3.07 bits per heavy atom. The van der Waals surface area contributed by atoms with Crippen LogP contribution in [0.25, 0.3) is 0 Å². The lowest BCUT2D eigenvalue weighted by atomic mass is 10.2. The third kappa shape index (κ3) is 2.81. The van der Waals surface area contributed by atoms with Crippen LogP contribution in [0.5, 0.6) is 0 Å². The molecule has 0 spiro atoms. The van der Waals surface area contributed by atoms with Crippen LogP contribution in [0.1, 0.15) is 23.7 Å². The summed E-state index contributed by atoms with van der Waals surface area (Å²) >= 11 is 0. The van der Waals surface area contributed by atoms with Crippen molar-refractivity contribution < 1.29 is 4.79 Å². The molecule has 0 fully saturated rings. The van der Waals surface area contributed by atoms with E-state index in [1.54, 1.807) is 18.3 Å². The van der Waals surface area contributed by atoms with Crippen LogP contribution in [0.4, 0.5) is 5.82 Å². The van der Waals surface area contributed by atoms with E-state index in [1.165, 1.54) is 0 Å². The van der Waals surface area contributed by atoms with E-state index < -0.39 is 0 Å². The number of anilines is 1. The molecular weight excluding hydrogens is 188 g/mol. The number of hydrogen-bond acceptors (Lipinski definition) is 3. The zero-order chi connectivity index (χ0) is 11.1. The molecule has 0 atom stereocenters.